The standard InChI is InChI=1S/C10H11NO.ClH/c1-2-4-9-8(3-1)11-7-10(12-9)5-6-10;/h1-4,11H,5-7H2;1H. The molecule has 0 unspecified atom stereocenters. The van der Waals surface area contributed by atoms with Gasteiger partial charge in [0.1, 0.15) is 11.4 Å². The number of rotatable bonds is 0. The van der Waals surface area contributed by atoms with Gasteiger partial charge < -0.3 is 10.1 Å². The highest BCUT2D eigenvalue weighted by atomic mass is 35.5. The number of nitrogens with one attached hydrogen (secondary N) is 1. The van der Waals surface area contributed by atoms with Crippen molar-refractivity contribution >= 4 is 18.1 Å². The average molecular weight is 198 g/mol. The summed E-state index contributed by atoms with van der Waals surface area (Å²) in [5.74, 6) is 1.02. The molecule has 3 rings (SSSR count). The molecule has 0 aromatic heterocycles. The first-order valence-electron chi connectivity index (χ1n) is 4.40. The lowest BCUT2D eigenvalue weighted by Crippen LogP contribution is -2.32. The number of para-hydroxylation sites is 2. The fourth-order valence-electron chi connectivity index (χ4n) is 1.65. The van der Waals surface area contributed by atoms with E-state index in [0.29, 0.717) is 0 Å². The van der Waals surface area contributed by atoms with Crippen molar-refractivity contribution in [2.45, 2.75) is 18.4 Å². The summed E-state index contributed by atoms with van der Waals surface area (Å²) in [6, 6.07) is 8.13. The van der Waals surface area contributed by atoms with E-state index < -0.39 is 0 Å². The molecule has 1 heterocycles. The third-order valence-electron chi connectivity index (χ3n) is 2.62. The van der Waals surface area contributed by atoms with Gasteiger partial charge in [-0.3, -0.25) is 0 Å². The van der Waals surface area contributed by atoms with Crippen LogP contribution in [-0.2, 0) is 0 Å². The fourth-order valence-corrected chi connectivity index (χ4v) is 1.65. The lowest BCUT2D eigenvalue weighted by molar-refractivity contribution is 0.184. The van der Waals surface area contributed by atoms with Gasteiger partial charge in [-0.2, -0.15) is 0 Å². The van der Waals surface area contributed by atoms with Crippen molar-refractivity contribution in [2.75, 3.05) is 11.9 Å². The predicted octanol–water partition coefficient (Wildman–Crippen LogP) is 2.45. The van der Waals surface area contributed by atoms with Crippen molar-refractivity contribution in [1.29, 1.82) is 0 Å². The first-order valence-corrected chi connectivity index (χ1v) is 4.40. The lowest BCUT2D eigenvalue weighted by atomic mass is 10.2. The maximum atomic E-state index is 5.87. The third-order valence-corrected chi connectivity index (χ3v) is 2.62. The molecule has 13 heavy (non-hydrogen) atoms. The lowest BCUT2D eigenvalue weighted by Gasteiger charge is -2.27. The van der Waals surface area contributed by atoms with Crippen LogP contribution in [0.4, 0.5) is 5.69 Å². The van der Waals surface area contributed by atoms with E-state index in [-0.39, 0.29) is 18.0 Å². The van der Waals surface area contributed by atoms with Crippen LogP contribution >= 0.6 is 12.4 Å². The monoisotopic (exact) mass is 197 g/mol. The molecule has 2 aliphatic rings. The minimum Gasteiger partial charge on any atom is -0.483 e. The first kappa shape index (κ1) is 8.70. The molecule has 2 nitrogen and oxygen atoms in total. The average Bonchev–Trinajstić information content (AvgIpc) is 2.85. The van der Waals surface area contributed by atoms with Crippen LogP contribution in [0.5, 0.6) is 5.75 Å². The highest BCUT2D eigenvalue weighted by Crippen LogP contribution is 2.45. The largest absolute Gasteiger partial charge is 0.483 e. The number of anilines is 1. The Hall–Kier alpha value is -0.890. The van der Waals surface area contributed by atoms with Crippen molar-refractivity contribution in [1.82, 2.24) is 0 Å². The van der Waals surface area contributed by atoms with Crippen molar-refractivity contribution in [3.05, 3.63) is 24.3 Å². The van der Waals surface area contributed by atoms with Crippen molar-refractivity contribution in [2.24, 2.45) is 0 Å². The second-order valence-electron chi connectivity index (χ2n) is 3.63. The van der Waals surface area contributed by atoms with Gasteiger partial charge in [0.2, 0.25) is 0 Å². The second kappa shape index (κ2) is 2.81. The summed E-state index contributed by atoms with van der Waals surface area (Å²) in [5.41, 5.74) is 1.30. The normalized spacial score (nSPS) is 20.6. The Morgan fingerprint density at radius 2 is 2.00 bits per heavy atom. The third kappa shape index (κ3) is 1.35. The Bertz CT molecular complexity index is 322. The van der Waals surface area contributed by atoms with Crippen molar-refractivity contribution in [3.8, 4) is 5.75 Å². The zero-order chi connectivity index (χ0) is 8.02. The molecule has 1 aromatic carbocycles. The molecule has 0 amide bonds. The molecule has 1 N–H and O–H groups in total. The molecule has 0 atom stereocenters. The minimum atomic E-state index is 0. The Balaban J connectivity index is 0.000000653. The molecule has 1 spiro atoms. The molecule has 3 heteroatoms. The maximum absolute atomic E-state index is 5.87. The van der Waals surface area contributed by atoms with Crippen LogP contribution in [-0.4, -0.2) is 12.1 Å². The number of hydrogen-bond acceptors (Lipinski definition) is 2. The van der Waals surface area contributed by atoms with Crippen LogP contribution in [0, 0.1) is 0 Å². The smallest absolute Gasteiger partial charge is 0.143 e. The van der Waals surface area contributed by atoms with E-state index in [1.807, 2.05) is 18.2 Å². The van der Waals surface area contributed by atoms with Crippen LogP contribution in [0.3, 0.4) is 0 Å². The summed E-state index contributed by atoms with van der Waals surface area (Å²) in [4.78, 5) is 0. The van der Waals surface area contributed by atoms with E-state index in [1.54, 1.807) is 0 Å². The second-order valence-corrected chi connectivity index (χ2v) is 3.63. The van der Waals surface area contributed by atoms with Gasteiger partial charge in [0, 0.05) is 0 Å². The summed E-state index contributed by atoms with van der Waals surface area (Å²) < 4.78 is 5.87. The highest BCUT2D eigenvalue weighted by Gasteiger charge is 2.47. The summed E-state index contributed by atoms with van der Waals surface area (Å²) in [6.07, 6.45) is 2.41. The fraction of sp³-hybridized carbons (Fsp3) is 0.400. The van der Waals surface area contributed by atoms with E-state index in [1.165, 1.54) is 12.8 Å². The predicted molar refractivity (Wildman–Crippen MR) is 54.8 cm³/mol. The van der Waals surface area contributed by atoms with Crippen LogP contribution in [0.2, 0.25) is 0 Å². The van der Waals surface area contributed by atoms with Gasteiger partial charge in [-0.25, -0.2) is 0 Å². The van der Waals surface area contributed by atoms with Gasteiger partial charge in [0.05, 0.1) is 12.2 Å². The molecule has 0 bridgehead atoms. The molecule has 1 aromatic rings. The van der Waals surface area contributed by atoms with Gasteiger partial charge in [-0.1, -0.05) is 12.1 Å². The number of benzene rings is 1. The number of hydrogen-bond donors (Lipinski definition) is 1. The molecule has 1 aliphatic carbocycles. The van der Waals surface area contributed by atoms with Gasteiger partial charge in [-0.05, 0) is 25.0 Å². The van der Waals surface area contributed by atoms with E-state index in [2.05, 4.69) is 11.4 Å². The van der Waals surface area contributed by atoms with Crippen LogP contribution in [0.15, 0.2) is 24.3 Å². The number of ether oxygens (including phenoxy) is 1. The van der Waals surface area contributed by atoms with E-state index >= 15 is 0 Å². The zero-order valence-electron chi connectivity index (χ0n) is 7.25. The Morgan fingerprint density at radius 3 is 2.77 bits per heavy atom. The van der Waals surface area contributed by atoms with Gasteiger partial charge >= 0.3 is 0 Å². The van der Waals surface area contributed by atoms with Crippen LogP contribution < -0.4 is 10.1 Å². The maximum Gasteiger partial charge on any atom is 0.143 e. The Kier molecular flexibility index (Phi) is 1.88. The van der Waals surface area contributed by atoms with Gasteiger partial charge in [-0.15, -0.1) is 12.4 Å². The van der Waals surface area contributed by atoms with Gasteiger partial charge in [0.15, 0.2) is 0 Å². The molecule has 1 saturated carbocycles. The summed E-state index contributed by atoms with van der Waals surface area (Å²) in [6.45, 7) is 0.976. The van der Waals surface area contributed by atoms with Crippen LogP contribution in [0.25, 0.3) is 0 Å². The van der Waals surface area contributed by atoms with E-state index in [4.69, 9.17) is 4.74 Å². The van der Waals surface area contributed by atoms with Crippen molar-refractivity contribution in [3.63, 3.8) is 0 Å². The molecular formula is C10H12ClNO. The molecule has 1 fully saturated rings. The Labute approximate surface area is 83.7 Å². The molecule has 0 saturated heterocycles. The minimum absolute atomic E-state index is 0. The number of halogens is 1. The topological polar surface area (TPSA) is 21.3 Å². The van der Waals surface area contributed by atoms with Crippen molar-refractivity contribution < 1.29 is 4.74 Å². The SMILES string of the molecule is Cl.c1ccc2c(c1)NCC1(CC1)O2. The summed E-state index contributed by atoms with van der Waals surface area (Å²) >= 11 is 0. The zero-order valence-corrected chi connectivity index (χ0v) is 8.06. The molecular weight excluding hydrogens is 186 g/mol. The molecule has 1 aliphatic heterocycles. The first-order chi connectivity index (χ1) is 5.88. The molecule has 0 radical (unpaired) electrons. The van der Waals surface area contributed by atoms with Gasteiger partial charge in [0.25, 0.3) is 0 Å². The highest BCUT2D eigenvalue weighted by molar-refractivity contribution is 5.85. The Morgan fingerprint density at radius 1 is 1.23 bits per heavy atom. The summed E-state index contributed by atoms with van der Waals surface area (Å²) in [5, 5.41) is 3.39. The quantitative estimate of drug-likeness (QED) is 0.690. The van der Waals surface area contributed by atoms with Crippen LogP contribution in [0.1, 0.15) is 12.8 Å². The number of fused-ring (bicyclic) bond motifs is 1. The van der Waals surface area contributed by atoms with E-state index in [0.717, 1.165) is 18.0 Å². The van der Waals surface area contributed by atoms with E-state index in [9.17, 15) is 0 Å². The molecule has 70 valence electrons. The summed E-state index contributed by atoms with van der Waals surface area (Å²) in [7, 11) is 0.